The average Bonchev–Trinajstić information content (AvgIpc) is 2.94. The van der Waals surface area contributed by atoms with E-state index in [-0.39, 0.29) is 12.6 Å². The Morgan fingerprint density at radius 1 is 1.58 bits per heavy atom. The zero-order valence-corrected chi connectivity index (χ0v) is 10.4. The smallest absolute Gasteiger partial charge is 0.180 e. The molecule has 4 N–H and O–H groups in total. The predicted octanol–water partition coefficient (Wildman–Crippen LogP) is -0.788. The van der Waals surface area contributed by atoms with Crippen LogP contribution in [0.1, 0.15) is 0 Å². The van der Waals surface area contributed by atoms with Gasteiger partial charge in [0.25, 0.3) is 0 Å². The number of nitrogens with one attached hydrogen (secondary N) is 1. The molecule has 0 aliphatic carbocycles. The lowest BCUT2D eigenvalue weighted by atomic mass is 10.2. The number of aliphatic hydroxyl groups is 1. The maximum absolute atomic E-state index is 9.45. The number of anilines is 2. The standard InChI is InChI=1S/C11H16N6O2/c12-15-9-5-16-2-1-13-10(16)11(14-9)17-3-4-19-7-8(17)6-18/h1-2,5,8,15,18H,3-4,6-7,12H2. The fourth-order valence-electron chi connectivity index (χ4n) is 2.26. The lowest BCUT2D eigenvalue weighted by Gasteiger charge is -2.35. The molecule has 8 nitrogen and oxygen atoms in total. The fourth-order valence-corrected chi connectivity index (χ4v) is 2.26. The minimum atomic E-state index is -0.116. The maximum atomic E-state index is 9.45. The zero-order chi connectivity index (χ0) is 13.2. The summed E-state index contributed by atoms with van der Waals surface area (Å²) in [6.07, 6.45) is 5.30. The summed E-state index contributed by atoms with van der Waals surface area (Å²) >= 11 is 0. The molecule has 0 radical (unpaired) electrons. The first-order valence-electron chi connectivity index (χ1n) is 6.09. The van der Waals surface area contributed by atoms with E-state index in [9.17, 15) is 5.11 Å². The number of hydrazine groups is 1. The van der Waals surface area contributed by atoms with Gasteiger partial charge in [0.15, 0.2) is 17.3 Å². The van der Waals surface area contributed by atoms with Gasteiger partial charge in [-0.05, 0) is 0 Å². The van der Waals surface area contributed by atoms with Crippen molar-refractivity contribution in [2.45, 2.75) is 6.04 Å². The first kappa shape index (κ1) is 12.2. The Morgan fingerprint density at radius 2 is 2.47 bits per heavy atom. The SMILES string of the molecule is NNc1cn2ccnc2c(N2CCOCC2CO)n1. The monoisotopic (exact) mass is 264 g/mol. The number of hydrogen-bond donors (Lipinski definition) is 3. The molecule has 0 amide bonds. The molecule has 1 saturated heterocycles. The Bertz CT molecular complexity index is 571. The minimum absolute atomic E-state index is 0.00876. The van der Waals surface area contributed by atoms with Gasteiger partial charge >= 0.3 is 0 Å². The van der Waals surface area contributed by atoms with E-state index in [2.05, 4.69) is 15.4 Å². The van der Waals surface area contributed by atoms with Crippen LogP contribution in [0.15, 0.2) is 18.6 Å². The molecule has 102 valence electrons. The Kier molecular flexibility index (Phi) is 3.20. The first-order chi connectivity index (χ1) is 9.33. The third kappa shape index (κ3) is 2.09. The number of ether oxygens (including phenoxy) is 1. The van der Waals surface area contributed by atoms with Crippen LogP contribution in [0.3, 0.4) is 0 Å². The number of hydrogen-bond acceptors (Lipinski definition) is 7. The van der Waals surface area contributed by atoms with Gasteiger partial charge < -0.3 is 24.6 Å². The molecule has 0 aromatic carbocycles. The summed E-state index contributed by atoms with van der Waals surface area (Å²) in [4.78, 5) is 10.8. The van der Waals surface area contributed by atoms with Crippen LogP contribution in [0.2, 0.25) is 0 Å². The highest BCUT2D eigenvalue weighted by atomic mass is 16.5. The Morgan fingerprint density at radius 3 is 3.26 bits per heavy atom. The van der Waals surface area contributed by atoms with E-state index in [4.69, 9.17) is 10.6 Å². The molecule has 1 unspecified atom stereocenters. The lowest BCUT2D eigenvalue weighted by Crippen LogP contribution is -2.48. The molecule has 0 saturated carbocycles. The highest BCUT2D eigenvalue weighted by molar-refractivity contribution is 5.67. The van der Waals surface area contributed by atoms with E-state index in [1.54, 1.807) is 12.4 Å². The molecule has 3 heterocycles. The third-order valence-corrected chi connectivity index (χ3v) is 3.21. The highest BCUT2D eigenvalue weighted by Gasteiger charge is 2.26. The van der Waals surface area contributed by atoms with E-state index < -0.39 is 0 Å². The van der Waals surface area contributed by atoms with Gasteiger partial charge in [0.05, 0.1) is 32.1 Å². The van der Waals surface area contributed by atoms with Crippen molar-refractivity contribution in [2.75, 3.05) is 36.7 Å². The predicted molar refractivity (Wildman–Crippen MR) is 69.8 cm³/mol. The maximum Gasteiger partial charge on any atom is 0.180 e. The van der Waals surface area contributed by atoms with Gasteiger partial charge in [-0.15, -0.1) is 0 Å². The number of nitrogens with two attached hydrogens (primary N) is 1. The molecule has 0 spiro atoms. The van der Waals surface area contributed by atoms with Gasteiger partial charge in [-0.25, -0.2) is 15.8 Å². The van der Waals surface area contributed by atoms with E-state index in [0.717, 1.165) is 5.65 Å². The number of imidazole rings is 1. The quantitative estimate of drug-likeness (QED) is 0.493. The summed E-state index contributed by atoms with van der Waals surface area (Å²) < 4.78 is 7.23. The third-order valence-electron chi connectivity index (χ3n) is 3.21. The van der Waals surface area contributed by atoms with Crippen molar-refractivity contribution >= 4 is 17.3 Å². The summed E-state index contributed by atoms with van der Waals surface area (Å²) in [5, 5.41) is 9.45. The number of fused-ring (bicyclic) bond motifs is 1. The Labute approximate surface area is 109 Å². The normalized spacial score (nSPS) is 19.9. The second-order valence-electron chi connectivity index (χ2n) is 4.36. The van der Waals surface area contributed by atoms with Crippen molar-refractivity contribution in [1.29, 1.82) is 0 Å². The molecule has 1 atom stereocenters. The molecule has 1 aliphatic rings. The molecule has 1 fully saturated rings. The molecular weight excluding hydrogens is 248 g/mol. The van der Waals surface area contributed by atoms with Crippen molar-refractivity contribution in [3.05, 3.63) is 18.6 Å². The van der Waals surface area contributed by atoms with Gasteiger partial charge in [-0.1, -0.05) is 0 Å². The molecular formula is C11H16N6O2. The van der Waals surface area contributed by atoms with Crippen molar-refractivity contribution in [3.8, 4) is 0 Å². The minimum Gasteiger partial charge on any atom is -0.394 e. The van der Waals surface area contributed by atoms with Crippen LogP contribution in [0.25, 0.3) is 5.65 Å². The number of rotatable bonds is 3. The van der Waals surface area contributed by atoms with Crippen molar-refractivity contribution in [3.63, 3.8) is 0 Å². The average molecular weight is 264 g/mol. The van der Waals surface area contributed by atoms with Gasteiger partial charge in [0.1, 0.15) is 0 Å². The molecule has 2 aromatic rings. The van der Waals surface area contributed by atoms with Crippen molar-refractivity contribution < 1.29 is 9.84 Å². The summed E-state index contributed by atoms with van der Waals surface area (Å²) in [5.41, 5.74) is 3.28. The molecule has 1 aliphatic heterocycles. The highest BCUT2D eigenvalue weighted by Crippen LogP contribution is 2.23. The lowest BCUT2D eigenvalue weighted by molar-refractivity contribution is 0.0724. The fraction of sp³-hybridized carbons (Fsp3) is 0.455. The molecule has 8 heteroatoms. The Balaban J connectivity index is 2.08. The topological polar surface area (TPSA) is 101 Å². The van der Waals surface area contributed by atoms with Crippen LogP contribution in [-0.4, -0.2) is 51.9 Å². The first-order valence-corrected chi connectivity index (χ1v) is 6.09. The molecule has 0 bridgehead atoms. The summed E-state index contributed by atoms with van der Waals surface area (Å²) in [6, 6.07) is -0.116. The van der Waals surface area contributed by atoms with Crippen LogP contribution >= 0.6 is 0 Å². The van der Waals surface area contributed by atoms with Crippen molar-refractivity contribution in [1.82, 2.24) is 14.4 Å². The number of nitrogens with zero attached hydrogens (tertiary/aromatic N) is 4. The summed E-state index contributed by atoms with van der Waals surface area (Å²) in [5.74, 6) is 6.68. The van der Waals surface area contributed by atoms with Gasteiger partial charge in [-0.3, -0.25) is 0 Å². The second kappa shape index (κ2) is 5.00. The number of aliphatic hydroxyl groups excluding tert-OH is 1. The van der Waals surface area contributed by atoms with E-state index >= 15 is 0 Å². The van der Waals surface area contributed by atoms with Crippen LogP contribution < -0.4 is 16.2 Å². The number of aromatic nitrogens is 3. The largest absolute Gasteiger partial charge is 0.394 e. The molecule has 19 heavy (non-hydrogen) atoms. The number of nitrogen functional groups attached to an aromatic ring is 1. The van der Waals surface area contributed by atoms with Crippen LogP contribution in [0.5, 0.6) is 0 Å². The van der Waals surface area contributed by atoms with Crippen molar-refractivity contribution in [2.24, 2.45) is 5.84 Å². The van der Waals surface area contributed by atoms with Crippen LogP contribution in [0.4, 0.5) is 11.6 Å². The number of morpholine rings is 1. The van der Waals surface area contributed by atoms with Gasteiger partial charge in [0, 0.05) is 18.9 Å². The molecule has 2 aromatic heterocycles. The van der Waals surface area contributed by atoms with Gasteiger partial charge in [-0.2, -0.15) is 0 Å². The summed E-state index contributed by atoms with van der Waals surface area (Å²) in [7, 11) is 0. The Hall–Kier alpha value is -1.90. The van der Waals surface area contributed by atoms with E-state index in [1.807, 2.05) is 15.5 Å². The van der Waals surface area contributed by atoms with E-state index in [1.165, 1.54) is 0 Å². The van der Waals surface area contributed by atoms with Gasteiger partial charge in [0.2, 0.25) is 0 Å². The van der Waals surface area contributed by atoms with Crippen LogP contribution in [0, 0.1) is 0 Å². The second-order valence-corrected chi connectivity index (χ2v) is 4.36. The van der Waals surface area contributed by atoms with E-state index in [0.29, 0.717) is 31.4 Å². The van der Waals surface area contributed by atoms with Crippen LogP contribution in [-0.2, 0) is 4.74 Å². The summed E-state index contributed by atoms with van der Waals surface area (Å²) in [6.45, 7) is 1.75. The zero-order valence-electron chi connectivity index (χ0n) is 10.4. The molecule has 3 rings (SSSR count).